The summed E-state index contributed by atoms with van der Waals surface area (Å²) in [7, 11) is -4.05. The first kappa shape index (κ1) is 24.1. The standard InChI is InChI=1S/C22H18BrClN2O5S/c1-14-2-12-19(13-3-14)32(30,31)25-21(22(27)16-4-8-17(24)9-5-16)20(23)15-6-10-18(11-7-15)26(28)29/h2-13,20-21,25H,1H3/t20-,21-/m0/s1. The number of sulfonamides is 1. The highest BCUT2D eigenvalue weighted by atomic mass is 79.9. The minimum atomic E-state index is -4.05. The topological polar surface area (TPSA) is 106 Å². The van der Waals surface area contributed by atoms with E-state index in [9.17, 15) is 23.3 Å². The van der Waals surface area contributed by atoms with Gasteiger partial charge in [-0.25, -0.2) is 8.42 Å². The molecular formula is C22H18BrClN2O5S. The summed E-state index contributed by atoms with van der Waals surface area (Å²) in [5.41, 5.74) is 1.53. The molecule has 166 valence electrons. The van der Waals surface area contributed by atoms with Gasteiger partial charge < -0.3 is 0 Å². The molecular weight excluding hydrogens is 520 g/mol. The highest BCUT2D eigenvalue weighted by molar-refractivity contribution is 9.09. The van der Waals surface area contributed by atoms with Crippen molar-refractivity contribution in [3.8, 4) is 0 Å². The molecule has 7 nitrogen and oxygen atoms in total. The molecule has 0 spiro atoms. The number of halogens is 2. The number of carbonyl (C=O) groups is 1. The van der Waals surface area contributed by atoms with Gasteiger partial charge in [-0.15, -0.1) is 0 Å². The maximum Gasteiger partial charge on any atom is 0.269 e. The van der Waals surface area contributed by atoms with Gasteiger partial charge in [-0.05, 0) is 48.9 Å². The fourth-order valence-corrected chi connectivity index (χ4v) is 5.15. The zero-order chi connectivity index (χ0) is 23.5. The zero-order valence-electron chi connectivity index (χ0n) is 16.7. The molecule has 0 saturated heterocycles. The van der Waals surface area contributed by atoms with E-state index < -0.39 is 31.6 Å². The SMILES string of the molecule is Cc1ccc(S(=O)(=O)N[C@H](C(=O)c2ccc(Cl)cc2)[C@@H](Br)c2ccc([N+](=O)[O-])cc2)cc1. The van der Waals surface area contributed by atoms with Crippen LogP contribution in [0.3, 0.4) is 0 Å². The van der Waals surface area contributed by atoms with Crippen molar-refractivity contribution in [1.29, 1.82) is 0 Å². The second-order valence-electron chi connectivity index (χ2n) is 7.03. The van der Waals surface area contributed by atoms with Gasteiger partial charge in [0.25, 0.3) is 5.69 Å². The Kier molecular flexibility index (Phi) is 7.45. The first-order chi connectivity index (χ1) is 15.1. The van der Waals surface area contributed by atoms with Crippen molar-refractivity contribution >= 4 is 49.0 Å². The number of ketones is 1. The van der Waals surface area contributed by atoms with Crippen LogP contribution in [0.4, 0.5) is 5.69 Å². The predicted octanol–water partition coefficient (Wildman–Crippen LogP) is 5.22. The molecule has 0 bridgehead atoms. The number of non-ortho nitro benzene ring substituents is 1. The number of nitrogens with one attached hydrogen (secondary N) is 1. The van der Waals surface area contributed by atoms with E-state index in [2.05, 4.69) is 20.7 Å². The second-order valence-corrected chi connectivity index (χ2v) is 10.2. The number of nitro benzene ring substituents is 1. The molecule has 0 fully saturated rings. The maximum absolute atomic E-state index is 13.3. The summed E-state index contributed by atoms with van der Waals surface area (Å²) in [6.45, 7) is 1.83. The second kappa shape index (κ2) is 9.91. The van der Waals surface area contributed by atoms with Crippen molar-refractivity contribution in [3.05, 3.63) is 105 Å². The lowest BCUT2D eigenvalue weighted by atomic mass is 9.98. The Morgan fingerprint density at radius 2 is 1.56 bits per heavy atom. The number of carbonyl (C=O) groups excluding carboxylic acids is 1. The largest absolute Gasteiger partial charge is 0.292 e. The van der Waals surface area contributed by atoms with Crippen LogP contribution >= 0.6 is 27.5 Å². The maximum atomic E-state index is 13.3. The smallest absolute Gasteiger partial charge is 0.269 e. The molecule has 3 aromatic carbocycles. The van der Waals surface area contributed by atoms with Gasteiger partial charge in [0.1, 0.15) is 6.04 Å². The van der Waals surface area contributed by atoms with Crippen molar-refractivity contribution in [2.45, 2.75) is 22.7 Å². The molecule has 0 unspecified atom stereocenters. The van der Waals surface area contributed by atoms with Gasteiger partial charge in [0.2, 0.25) is 10.0 Å². The van der Waals surface area contributed by atoms with Crippen LogP contribution in [0.25, 0.3) is 0 Å². The Bertz CT molecular complexity index is 1230. The number of nitrogens with zero attached hydrogens (tertiary/aromatic N) is 1. The number of rotatable bonds is 8. The number of benzene rings is 3. The fourth-order valence-electron chi connectivity index (χ4n) is 2.96. The van der Waals surface area contributed by atoms with E-state index in [0.29, 0.717) is 10.6 Å². The third-order valence-corrected chi connectivity index (χ3v) is 7.51. The summed E-state index contributed by atoms with van der Waals surface area (Å²) in [6, 6.07) is 16.6. The Morgan fingerprint density at radius 1 is 1.00 bits per heavy atom. The van der Waals surface area contributed by atoms with Crippen LogP contribution in [0.5, 0.6) is 0 Å². The number of alkyl halides is 1. The van der Waals surface area contributed by atoms with Crippen LogP contribution in [-0.4, -0.2) is 25.2 Å². The lowest BCUT2D eigenvalue weighted by Gasteiger charge is -2.23. The number of hydrogen-bond acceptors (Lipinski definition) is 5. The van der Waals surface area contributed by atoms with Crippen LogP contribution in [0.1, 0.15) is 26.3 Å². The number of hydrogen-bond donors (Lipinski definition) is 1. The molecule has 0 saturated carbocycles. The average Bonchev–Trinajstić information content (AvgIpc) is 2.77. The predicted molar refractivity (Wildman–Crippen MR) is 126 cm³/mol. The summed E-state index contributed by atoms with van der Waals surface area (Å²) < 4.78 is 28.5. The van der Waals surface area contributed by atoms with Crippen LogP contribution in [-0.2, 0) is 10.0 Å². The lowest BCUT2D eigenvalue weighted by Crippen LogP contribution is -2.43. The zero-order valence-corrected chi connectivity index (χ0v) is 19.9. The van der Waals surface area contributed by atoms with Gasteiger partial charge in [-0.3, -0.25) is 14.9 Å². The molecule has 32 heavy (non-hydrogen) atoms. The molecule has 0 aliphatic heterocycles. The minimum absolute atomic E-state index is 0.0143. The van der Waals surface area contributed by atoms with Gasteiger partial charge in [0.05, 0.1) is 14.6 Å². The Labute approximate surface area is 198 Å². The molecule has 0 aliphatic rings. The first-order valence-electron chi connectivity index (χ1n) is 9.36. The molecule has 0 heterocycles. The van der Waals surface area contributed by atoms with Gasteiger partial charge in [-0.2, -0.15) is 4.72 Å². The van der Waals surface area contributed by atoms with Gasteiger partial charge in [0, 0.05) is 22.7 Å². The number of aryl methyl sites for hydroxylation is 1. The van der Waals surface area contributed by atoms with E-state index in [4.69, 9.17) is 11.6 Å². The normalized spacial score (nSPS) is 13.3. The van der Waals surface area contributed by atoms with Gasteiger partial charge in [0.15, 0.2) is 5.78 Å². The minimum Gasteiger partial charge on any atom is -0.292 e. The third kappa shape index (κ3) is 5.60. The van der Waals surface area contributed by atoms with E-state index >= 15 is 0 Å². The van der Waals surface area contributed by atoms with Gasteiger partial charge >= 0.3 is 0 Å². The lowest BCUT2D eigenvalue weighted by molar-refractivity contribution is -0.384. The van der Waals surface area contributed by atoms with E-state index in [1.807, 2.05) is 6.92 Å². The highest BCUT2D eigenvalue weighted by Crippen LogP contribution is 2.31. The summed E-state index contributed by atoms with van der Waals surface area (Å²) in [5.74, 6) is -0.488. The molecule has 2 atom stereocenters. The quantitative estimate of drug-likeness (QED) is 0.183. The summed E-state index contributed by atoms with van der Waals surface area (Å²) in [6.07, 6.45) is 0. The summed E-state index contributed by atoms with van der Waals surface area (Å²) in [4.78, 5) is 22.9. The molecule has 0 amide bonds. The van der Waals surface area contributed by atoms with E-state index in [0.717, 1.165) is 5.56 Å². The van der Waals surface area contributed by atoms with Crippen molar-refractivity contribution < 1.29 is 18.1 Å². The van der Waals surface area contributed by atoms with Crippen LogP contribution in [0, 0.1) is 17.0 Å². The molecule has 0 aliphatic carbocycles. The van der Waals surface area contributed by atoms with Crippen molar-refractivity contribution in [2.24, 2.45) is 0 Å². The van der Waals surface area contributed by atoms with Crippen molar-refractivity contribution in [1.82, 2.24) is 4.72 Å². The van der Waals surface area contributed by atoms with Crippen molar-refractivity contribution in [2.75, 3.05) is 0 Å². The molecule has 0 aromatic heterocycles. The van der Waals surface area contributed by atoms with Crippen LogP contribution in [0.2, 0.25) is 5.02 Å². The number of Topliss-reactive ketones (excluding diaryl/α,β-unsaturated/α-hetero) is 1. The Morgan fingerprint density at radius 3 is 2.09 bits per heavy atom. The monoisotopic (exact) mass is 536 g/mol. The fraction of sp³-hybridized carbons (Fsp3) is 0.136. The van der Waals surface area contributed by atoms with Gasteiger partial charge in [-0.1, -0.05) is 57.4 Å². The molecule has 1 N–H and O–H groups in total. The summed E-state index contributed by atoms with van der Waals surface area (Å²) >= 11 is 9.33. The summed E-state index contributed by atoms with van der Waals surface area (Å²) in [5, 5.41) is 11.4. The van der Waals surface area contributed by atoms with Crippen LogP contribution in [0.15, 0.2) is 77.7 Å². The average molecular weight is 538 g/mol. The highest BCUT2D eigenvalue weighted by Gasteiger charge is 2.33. The van der Waals surface area contributed by atoms with E-state index in [-0.39, 0.29) is 16.1 Å². The van der Waals surface area contributed by atoms with E-state index in [1.165, 1.54) is 60.7 Å². The van der Waals surface area contributed by atoms with E-state index in [1.54, 1.807) is 12.1 Å². The van der Waals surface area contributed by atoms with Crippen LogP contribution < -0.4 is 4.72 Å². The molecule has 10 heteroatoms. The third-order valence-electron chi connectivity index (χ3n) is 4.74. The Balaban J connectivity index is 2.00. The Hall–Kier alpha value is -2.59. The molecule has 3 aromatic rings. The first-order valence-corrected chi connectivity index (χ1v) is 12.1. The molecule has 3 rings (SSSR count). The molecule has 0 radical (unpaired) electrons. The number of nitro groups is 1. The van der Waals surface area contributed by atoms with Crippen molar-refractivity contribution in [3.63, 3.8) is 0 Å².